The molecule has 0 aliphatic carbocycles. The molecule has 3 N–H and O–H groups in total. The first-order chi connectivity index (χ1) is 8.92. The minimum atomic E-state index is -0.373. The van der Waals surface area contributed by atoms with Crippen LogP contribution >= 0.6 is 0 Å². The molecule has 0 bridgehead atoms. The second-order valence-corrected chi connectivity index (χ2v) is 5.89. The molecule has 0 aliphatic heterocycles. The molecule has 1 unspecified atom stereocenters. The molecule has 0 saturated heterocycles. The van der Waals surface area contributed by atoms with Crippen molar-refractivity contribution in [3.8, 4) is 0 Å². The summed E-state index contributed by atoms with van der Waals surface area (Å²) in [4.78, 5) is 8.31. The Labute approximate surface area is 112 Å². The maximum absolute atomic E-state index is 10.2. The van der Waals surface area contributed by atoms with E-state index < -0.39 is 0 Å². The molecule has 0 radical (unpaired) electrons. The zero-order valence-corrected chi connectivity index (χ0v) is 11.8. The van der Waals surface area contributed by atoms with Gasteiger partial charge in [-0.3, -0.25) is 5.10 Å². The highest BCUT2D eigenvalue weighted by Gasteiger charge is 2.30. The van der Waals surface area contributed by atoms with Gasteiger partial charge in [-0.1, -0.05) is 27.7 Å². The van der Waals surface area contributed by atoms with Gasteiger partial charge < -0.3 is 10.4 Å². The summed E-state index contributed by atoms with van der Waals surface area (Å²) in [7, 11) is 0. The molecule has 2 aromatic heterocycles. The summed E-state index contributed by atoms with van der Waals surface area (Å²) in [6, 6.07) is 0. The summed E-state index contributed by atoms with van der Waals surface area (Å²) in [5.74, 6) is 0.957. The molecular formula is C13H21N5O. The number of aromatic amines is 1. The summed E-state index contributed by atoms with van der Waals surface area (Å²) in [5.41, 5.74) is 0.467. The molecule has 2 heterocycles. The van der Waals surface area contributed by atoms with Crippen molar-refractivity contribution in [1.29, 1.82) is 0 Å². The molecular weight excluding hydrogens is 242 g/mol. The van der Waals surface area contributed by atoms with Crippen molar-refractivity contribution in [2.45, 2.75) is 33.8 Å². The van der Waals surface area contributed by atoms with Crippen LogP contribution in [0.2, 0.25) is 0 Å². The van der Waals surface area contributed by atoms with Crippen LogP contribution < -0.4 is 5.32 Å². The standard InChI is InChI=1S/C13H21N5O/c1-8(2)10(19)13(3,4)6-14-11-9-5-17-18-12(9)16-7-15-11/h5,7-8,10,19H,6H2,1-4H3,(H2,14,15,16,17,18). The molecule has 1 atom stereocenters. The number of aliphatic hydroxyl groups excluding tert-OH is 1. The van der Waals surface area contributed by atoms with Crippen LogP contribution in [0.25, 0.3) is 11.0 Å². The van der Waals surface area contributed by atoms with Gasteiger partial charge in [0.2, 0.25) is 0 Å². The fourth-order valence-corrected chi connectivity index (χ4v) is 2.22. The summed E-state index contributed by atoms with van der Waals surface area (Å²) in [6.45, 7) is 8.75. The Bertz CT molecular complexity index is 549. The number of aliphatic hydroxyl groups is 1. The van der Waals surface area contributed by atoms with Crippen molar-refractivity contribution in [3.05, 3.63) is 12.5 Å². The highest BCUT2D eigenvalue weighted by atomic mass is 16.3. The van der Waals surface area contributed by atoms with E-state index in [1.54, 1.807) is 6.20 Å². The zero-order valence-electron chi connectivity index (χ0n) is 11.8. The van der Waals surface area contributed by atoms with Crippen molar-refractivity contribution in [3.63, 3.8) is 0 Å². The van der Waals surface area contributed by atoms with Gasteiger partial charge in [-0.05, 0) is 5.92 Å². The molecule has 6 heteroatoms. The predicted octanol–water partition coefficient (Wildman–Crippen LogP) is 1.81. The number of hydrogen-bond donors (Lipinski definition) is 3. The Kier molecular flexibility index (Phi) is 3.71. The second kappa shape index (κ2) is 5.13. The number of aromatic nitrogens is 4. The number of fused-ring (bicyclic) bond motifs is 1. The van der Waals surface area contributed by atoms with Gasteiger partial charge in [0.1, 0.15) is 12.1 Å². The zero-order chi connectivity index (χ0) is 14.0. The Morgan fingerprint density at radius 3 is 2.79 bits per heavy atom. The molecule has 0 aromatic carbocycles. The maximum Gasteiger partial charge on any atom is 0.160 e. The number of rotatable bonds is 5. The SMILES string of the molecule is CC(C)C(O)C(C)(C)CNc1ncnc2[nH]ncc12. The third-order valence-electron chi connectivity index (χ3n) is 3.39. The smallest absolute Gasteiger partial charge is 0.160 e. The number of hydrogen-bond acceptors (Lipinski definition) is 5. The minimum absolute atomic E-state index is 0.219. The van der Waals surface area contributed by atoms with E-state index in [1.165, 1.54) is 6.33 Å². The van der Waals surface area contributed by atoms with Gasteiger partial charge in [0.25, 0.3) is 0 Å². The predicted molar refractivity (Wildman–Crippen MR) is 74.8 cm³/mol. The normalized spacial score (nSPS) is 14.0. The quantitative estimate of drug-likeness (QED) is 0.766. The monoisotopic (exact) mass is 263 g/mol. The minimum Gasteiger partial charge on any atom is -0.392 e. The van der Waals surface area contributed by atoms with Gasteiger partial charge in [0, 0.05) is 12.0 Å². The molecule has 0 fully saturated rings. The van der Waals surface area contributed by atoms with Crippen molar-refractivity contribution in [1.82, 2.24) is 20.2 Å². The average Bonchev–Trinajstić information content (AvgIpc) is 2.83. The molecule has 2 rings (SSSR count). The Morgan fingerprint density at radius 2 is 2.11 bits per heavy atom. The second-order valence-electron chi connectivity index (χ2n) is 5.89. The van der Waals surface area contributed by atoms with Crippen molar-refractivity contribution in [2.24, 2.45) is 11.3 Å². The third kappa shape index (κ3) is 2.84. The molecule has 2 aromatic rings. The van der Waals surface area contributed by atoms with Crippen molar-refractivity contribution >= 4 is 16.9 Å². The van der Waals surface area contributed by atoms with Crippen molar-refractivity contribution < 1.29 is 5.11 Å². The number of nitrogens with one attached hydrogen (secondary N) is 2. The van der Waals surface area contributed by atoms with Crippen LogP contribution in [0.1, 0.15) is 27.7 Å². The van der Waals surface area contributed by atoms with E-state index in [4.69, 9.17) is 0 Å². The number of H-pyrrole nitrogens is 1. The molecule has 6 nitrogen and oxygen atoms in total. The van der Waals surface area contributed by atoms with Crippen LogP contribution in [0.4, 0.5) is 5.82 Å². The summed E-state index contributed by atoms with van der Waals surface area (Å²) in [6.07, 6.45) is 2.82. The number of anilines is 1. The highest BCUT2D eigenvalue weighted by Crippen LogP contribution is 2.27. The maximum atomic E-state index is 10.2. The van der Waals surface area contributed by atoms with Crippen LogP contribution in [0.5, 0.6) is 0 Å². The largest absolute Gasteiger partial charge is 0.392 e. The van der Waals surface area contributed by atoms with Gasteiger partial charge in [-0.25, -0.2) is 9.97 Å². The summed E-state index contributed by atoms with van der Waals surface area (Å²) >= 11 is 0. The molecule has 19 heavy (non-hydrogen) atoms. The van der Waals surface area contributed by atoms with E-state index in [-0.39, 0.29) is 17.4 Å². The van der Waals surface area contributed by atoms with Gasteiger partial charge in [-0.2, -0.15) is 5.10 Å². The van der Waals surface area contributed by atoms with E-state index >= 15 is 0 Å². The lowest BCUT2D eigenvalue weighted by molar-refractivity contribution is 0.0210. The van der Waals surface area contributed by atoms with Crippen LogP contribution in [0.15, 0.2) is 12.5 Å². The molecule has 0 amide bonds. The van der Waals surface area contributed by atoms with Crippen LogP contribution in [0.3, 0.4) is 0 Å². The van der Waals surface area contributed by atoms with Crippen LogP contribution in [-0.2, 0) is 0 Å². The summed E-state index contributed by atoms with van der Waals surface area (Å²) < 4.78 is 0. The van der Waals surface area contributed by atoms with E-state index in [1.807, 2.05) is 27.7 Å². The first kappa shape index (κ1) is 13.7. The van der Waals surface area contributed by atoms with E-state index in [2.05, 4.69) is 25.5 Å². The molecule has 0 spiro atoms. The van der Waals surface area contributed by atoms with Gasteiger partial charge in [0.05, 0.1) is 17.7 Å². The van der Waals surface area contributed by atoms with E-state index in [9.17, 15) is 5.11 Å². The van der Waals surface area contributed by atoms with Crippen LogP contribution in [0, 0.1) is 11.3 Å². The topological polar surface area (TPSA) is 86.7 Å². The Hall–Kier alpha value is -1.69. The third-order valence-corrected chi connectivity index (χ3v) is 3.39. The lowest BCUT2D eigenvalue weighted by Gasteiger charge is -2.33. The van der Waals surface area contributed by atoms with E-state index in [0.717, 1.165) is 11.2 Å². The van der Waals surface area contributed by atoms with E-state index in [0.29, 0.717) is 12.2 Å². The lowest BCUT2D eigenvalue weighted by atomic mass is 9.81. The van der Waals surface area contributed by atoms with Gasteiger partial charge in [-0.15, -0.1) is 0 Å². The van der Waals surface area contributed by atoms with Gasteiger partial charge in [0.15, 0.2) is 5.65 Å². The van der Waals surface area contributed by atoms with Crippen molar-refractivity contribution in [2.75, 3.05) is 11.9 Å². The Balaban J connectivity index is 2.12. The van der Waals surface area contributed by atoms with Crippen LogP contribution in [-0.4, -0.2) is 37.9 Å². The highest BCUT2D eigenvalue weighted by molar-refractivity contribution is 5.85. The van der Waals surface area contributed by atoms with Gasteiger partial charge >= 0.3 is 0 Å². The first-order valence-electron chi connectivity index (χ1n) is 6.48. The Morgan fingerprint density at radius 1 is 1.37 bits per heavy atom. The lowest BCUT2D eigenvalue weighted by Crippen LogP contribution is -2.39. The number of nitrogens with zero attached hydrogens (tertiary/aromatic N) is 3. The molecule has 0 saturated carbocycles. The molecule has 0 aliphatic rings. The first-order valence-corrected chi connectivity index (χ1v) is 6.48. The fourth-order valence-electron chi connectivity index (χ4n) is 2.22. The fraction of sp³-hybridized carbons (Fsp3) is 0.615. The molecule has 104 valence electrons. The summed E-state index contributed by atoms with van der Waals surface area (Å²) in [5, 5.41) is 21.1. The average molecular weight is 263 g/mol.